The van der Waals surface area contributed by atoms with E-state index in [2.05, 4.69) is 20.9 Å². The Morgan fingerprint density at radius 1 is 1.54 bits per heavy atom. The van der Waals surface area contributed by atoms with Crippen molar-refractivity contribution >= 4 is 15.9 Å². The lowest BCUT2D eigenvalue weighted by molar-refractivity contribution is 0.149. The molecular formula is C8H8BrF2NO. The number of hydrogen-bond donors (Lipinski definition) is 0. The smallest absolute Gasteiger partial charge is 0.266 e. The maximum atomic E-state index is 12.4. The summed E-state index contributed by atoms with van der Waals surface area (Å²) in [5, 5.41) is 0. The topological polar surface area (TPSA) is 22.1 Å². The van der Waals surface area contributed by atoms with E-state index in [1.807, 2.05) is 0 Å². The standard InChI is InChI=1S/C8H8BrF2NO/c1-4-7(8(10)11)5(9)3-6(12-4)13-2/h3,8H,1-2H3. The van der Waals surface area contributed by atoms with Crippen molar-refractivity contribution in [3.63, 3.8) is 0 Å². The van der Waals surface area contributed by atoms with Crippen LogP contribution in [0.1, 0.15) is 17.7 Å². The van der Waals surface area contributed by atoms with Crippen LogP contribution in [0.4, 0.5) is 8.78 Å². The molecule has 0 radical (unpaired) electrons. The molecule has 1 rings (SSSR count). The predicted octanol–water partition coefficient (Wildman–Crippen LogP) is 3.10. The van der Waals surface area contributed by atoms with Gasteiger partial charge in [-0.1, -0.05) is 15.9 Å². The Balaban J connectivity index is 3.23. The van der Waals surface area contributed by atoms with Crippen LogP contribution in [-0.4, -0.2) is 12.1 Å². The third-order valence-corrected chi connectivity index (χ3v) is 2.26. The first-order valence-corrected chi connectivity index (χ1v) is 4.34. The highest BCUT2D eigenvalue weighted by molar-refractivity contribution is 9.10. The zero-order chi connectivity index (χ0) is 10.0. The van der Waals surface area contributed by atoms with Gasteiger partial charge in [0, 0.05) is 10.5 Å². The molecule has 0 aliphatic carbocycles. The van der Waals surface area contributed by atoms with Crippen molar-refractivity contribution in [2.24, 2.45) is 0 Å². The van der Waals surface area contributed by atoms with Crippen molar-refractivity contribution < 1.29 is 13.5 Å². The van der Waals surface area contributed by atoms with Gasteiger partial charge < -0.3 is 4.74 Å². The third kappa shape index (κ3) is 2.15. The van der Waals surface area contributed by atoms with Crippen LogP contribution in [-0.2, 0) is 0 Å². The van der Waals surface area contributed by atoms with E-state index in [4.69, 9.17) is 4.74 Å². The summed E-state index contributed by atoms with van der Waals surface area (Å²) in [5.41, 5.74) is 0.196. The summed E-state index contributed by atoms with van der Waals surface area (Å²) < 4.78 is 30.0. The van der Waals surface area contributed by atoms with E-state index >= 15 is 0 Å². The summed E-state index contributed by atoms with van der Waals surface area (Å²) in [6.45, 7) is 1.52. The molecule has 0 saturated heterocycles. The van der Waals surface area contributed by atoms with Gasteiger partial charge in [0.2, 0.25) is 5.88 Å². The molecule has 0 unspecified atom stereocenters. The molecule has 1 aromatic rings. The Labute approximate surface area is 83.1 Å². The van der Waals surface area contributed by atoms with Crippen LogP contribution >= 0.6 is 15.9 Å². The van der Waals surface area contributed by atoms with Gasteiger partial charge in [-0.3, -0.25) is 0 Å². The third-order valence-electron chi connectivity index (χ3n) is 1.60. The van der Waals surface area contributed by atoms with E-state index in [0.717, 1.165) is 0 Å². The summed E-state index contributed by atoms with van der Waals surface area (Å²) in [4.78, 5) is 3.84. The molecule has 0 aromatic carbocycles. The Morgan fingerprint density at radius 3 is 2.54 bits per heavy atom. The lowest BCUT2D eigenvalue weighted by Gasteiger charge is -2.08. The molecule has 0 atom stereocenters. The molecule has 0 fully saturated rings. The number of ether oxygens (including phenoxy) is 1. The molecule has 0 bridgehead atoms. The fourth-order valence-corrected chi connectivity index (χ4v) is 1.64. The van der Waals surface area contributed by atoms with Crippen molar-refractivity contribution in [2.75, 3.05) is 7.11 Å². The first kappa shape index (κ1) is 10.4. The molecule has 13 heavy (non-hydrogen) atoms. The lowest BCUT2D eigenvalue weighted by atomic mass is 10.2. The molecule has 0 N–H and O–H groups in total. The predicted molar refractivity (Wildman–Crippen MR) is 48.2 cm³/mol. The summed E-state index contributed by atoms with van der Waals surface area (Å²) in [6, 6.07) is 1.43. The zero-order valence-corrected chi connectivity index (χ0v) is 8.73. The molecule has 5 heteroatoms. The second kappa shape index (κ2) is 4.00. The summed E-state index contributed by atoms with van der Waals surface area (Å²) >= 11 is 3.04. The average Bonchev–Trinajstić information content (AvgIpc) is 2.02. The second-order valence-electron chi connectivity index (χ2n) is 2.45. The van der Waals surface area contributed by atoms with Crippen LogP contribution in [0.15, 0.2) is 10.5 Å². The van der Waals surface area contributed by atoms with Crippen LogP contribution in [0.25, 0.3) is 0 Å². The van der Waals surface area contributed by atoms with Crippen LogP contribution in [0.2, 0.25) is 0 Å². The van der Waals surface area contributed by atoms with Gasteiger partial charge >= 0.3 is 0 Å². The Hall–Kier alpha value is -0.710. The number of aromatic nitrogens is 1. The van der Waals surface area contributed by atoms with E-state index in [-0.39, 0.29) is 11.3 Å². The fourth-order valence-electron chi connectivity index (χ4n) is 0.983. The number of methoxy groups -OCH3 is 1. The van der Waals surface area contributed by atoms with Crippen LogP contribution in [0, 0.1) is 6.92 Å². The second-order valence-corrected chi connectivity index (χ2v) is 3.30. The minimum absolute atomic E-state index is 0.0826. The van der Waals surface area contributed by atoms with Gasteiger partial charge in [-0.2, -0.15) is 0 Å². The molecular weight excluding hydrogens is 244 g/mol. The van der Waals surface area contributed by atoms with Gasteiger partial charge in [-0.25, -0.2) is 13.8 Å². The first-order valence-electron chi connectivity index (χ1n) is 3.55. The van der Waals surface area contributed by atoms with Gasteiger partial charge in [0.25, 0.3) is 6.43 Å². The zero-order valence-electron chi connectivity index (χ0n) is 7.14. The number of halogens is 3. The van der Waals surface area contributed by atoms with Crippen molar-refractivity contribution in [1.82, 2.24) is 4.98 Å². The Bertz CT molecular complexity index is 294. The SMILES string of the molecule is COc1cc(Br)c(C(F)F)c(C)n1. The van der Waals surface area contributed by atoms with Gasteiger partial charge in [0.15, 0.2) is 0 Å². The fraction of sp³-hybridized carbons (Fsp3) is 0.375. The van der Waals surface area contributed by atoms with Gasteiger partial charge in [0.05, 0.1) is 18.4 Å². The van der Waals surface area contributed by atoms with Crippen LogP contribution in [0.3, 0.4) is 0 Å². The molecule has 0 spiro atoms. The number of hydrogen-bond acceptors (Lipinski definition) is 2. The average molecular weight is 252 g/mol. The van der Waals surface area contributed by atoms with Crippen LogP contribution < -0.4 is 4.74 Å². The highest BCUT2D eigenvalue weighted by Crippen LogP contribution is 2.31. The number of alkyl halides is 2. The Kier molecular flexibility index (Phi) is 3.19. The largest absolute Gasteiger partial charge is 0.481 e. The minimum atomic E-state index is -2.52. The number of pyridine rings is 1. The number of rotatable bonds is 2. The van der Waals surface area contributed by atoms with Crippen molar-refractivity contribution in [3.8, 4) is 5.88 Å². The molecule has 0 amide bonds. The van der Waals surface area contributed by atoms with Gasteiger partial charge in [-0.15, -0.1) is 0 Å². The molecule has 72 valence electrons. The molecule has 0 aliphatic rings. The first-order chi connectivity index (χ1) is 6.06. The monoisotopic (exact) mass is 251 g/mol. The summed E-state index contributed by atoms with van der Waals surface area (Å²) in [7, 11) is 1.44. The van der Waals surface area contributed by atoms with E-state index in [1.165, 1.54) is 20.1 Å². The van der Waals surface area contributed by atoms with E-state index in [9.17, 15) is 8.78 Å². The summed E-state index contributed by atoms with van der Waals surface area (Å²) in [5.74, 6) is 0.328. The summed E-state index contributed by atoms with van der Waals surface area (Å²) in [6.07, 6.45) is -2.52. The van der Waals surface area contributed by atoms with E-state index < -0.39 is 6.43 Å². The van der Waals surface area contributed by atoms with Gasteiger partial charge in [-0.05, 0) is 6.92 Å². The van der Waals surface area contributed by atoms with E-state index in [1.54, 1.807) is 0 Å². The molecule has 1 heterocycles. The number of aryl methyl sites for hydroxylation is 1. The highest BCUT2D eigenvalue weighted by atomic mass is 79.9. The van der Waals surface area contributed by atoms with Crippen molar-refractivity contribution in [1.29, 1.82) is 0 Å². The molecule has 0 saturated carbocycles. The quantitative estimate of drug-likeness (QED) is 0.806. The van der Waals surface area contributed by atoms with Gasteiger partial charge in [0.1, 0.15) is 0 Å². The number of nitrogens with zero attached hydrogens (tertiary/aromatic N) is 1. The Morgan fingerprint density at radius 2 is 2.15 bits per heavy atom. The maximum Gasteiger partial charge on any atom is 0.266 e. The van der Waals surface area contributed by atoms with Crippen molar-refractivity contribution in [2.45, 2.75) is 13.3 Å². The highest BCUT2D eigenvalue weighted by Gasteiger charge is 2.16. The lowest BCUT2D eigenvalue weighted by Crippen LogP contribution is -1.97. The maximum absolute atomic E-state index is 12.4. The minimum Gasteiger partial charge on any atom is -0.481 e. The molecule has 1 aromatic heterocycles. The van der Waals surface area contributed by atoms with Crippen LogP contribution in [0.5, 0.6) is 5.88 Å². The van der Waals surface area contributed by atoms with Crippen molar-refractivity contribution in [3.05, 3.63) is 21.8 Å². The molecule has 2 nitrogen and oxygen atoms in total. The van der Waals surface area contributed by atoms with E-state index in [0.29, 0.717) is 10.4 Å². The normalized spacial score (nSPS) is 10.6. The molecule has 0 aliphatic heterocycles.